The number of rotatable bonds is 7. The molecule has 0 aromatic carbocycles. The van der Waals surface area contributed by atoms with Crippen LogP contribution in [0.15, 0.2) is 17.2 Å². The minimum atomic E-state index is -1.11. The summed E-state index contributed by atoms with van der Waals surface area (Å²) < 4.78 is 12.6. The van der Waals surface area contributed by atoms with E-state index in [-0.39, 0.29) is 18.6 Å². The van der Waals surface area contributed by atoms with E-state index in [2.05, 4.69) is 25.3 Å². The summed E-state index contributed by atoms with van der Waals surface area (Å²) in [6, 6.07) is 1.85. The second-order valence-electron chi connectivity index (χ2n) is 8.73. The molecule has 2 aromatic heterocycles. The van der Waals surface area contributed by atoms with E-state index in [1.54, 1.807) is 6.20 Å². The van der Waals surface area contributed by atoms with Gasteiger partial charge < -0.3 is 25.1 Å². The highest BCUT2D eigenvalue weighted by Crippen LogP contribution is 2.32. The van der Waals surface area contributed by atoms with Crippen LogP contribution in [0.25, 0.3) is 0 Å². The van der Waals surface area contributed by atoms with E-state index in [0.29, 0.717) is 28.8 Å². The average Bonchev–Trinajstić information content (AvgIpc) is 3.18. The molecule has 174 valence electrons. The van der Waals surface area contributed by atoms with Crippen molar-refractivity contribution in [2.24, 2.45) is 5.92 Å². The highest BCUT2D eigenvalue weighted by molar-refractivity contribution is 7.85. The summed E-state index contributed by atoms with van der Waals surface area (Å²) in [4.78, 5) is 16.7. The zero-order valence-electron chi connectivity index (χ0n) is 19.2. The maximum atomic E-state index is 12.6. The molecule has 1 saturated heterocycles. The van der Waals surface area contributed by atoms with Crippen molar-refractivity contribution in [3.05, 3.63) is 18.0 Å². The number of aromatic nitrogens is 4. The van der Waals surface area contributed by atoms with Crippen LogP contribution in [-0.2, 0) is 17.2 Å². The highest BCUT2D eigenvalue weighted by Gasteiger charge is 2.30. The van der Waals surface area contributed by atoms with Gasteiger partial charge in [-0.1, -0.05) is 13.8 Å². The summed E-state index contributed by atoms with van der Waals surface area (Å²) in [7, 11) is 2.83. The van der Waals surface area contributed by atoms with Gasteiger partial charge in [0.15, 0.2) is 5.82 Å². The molecule has 0 saturated carbocycles. The van der Waals surface area contributed by atoms with E-state index in [9.17, 15) is 9.32 Å². The largest absolute Gasteiger partial charge is 0.394 e. The number of nitrogens with one attached hydrogen (secondary N) is 1. The van der Waals surface area contributed by atoms with Crippen molar-refractivity contribution >= 4 is 34.1 Å². The Kier molecular flexibility index (Phi) is 6.75. The predicted molar refractivity (Wildman–Crippen MR) is 127 cm³/mol. The second-order valence-corrected chi connectivity index (χ2v) is 10.2. The topological polar surface area (TPSA) is 111 Å². The lowest BCUT2D eigenvalue weighted by Crippen LogP contribution is -2.47. The molecular weight excluding hydrogens is 428 g/mol. The molecule has 4 heterocycles. The first-order valence-corrected chi connectivity index (χ1v) is 12.4. The predicted octanol–water partition coefficient (Wildman–Crippen LogP) is 0.752. The minimum Gasteiger partial charge on any atom is -0.394 e. The lowest BCUT2D eigenvalue weighted by atomic mass is 10.1. The molecule has 4 rings (SSSR count). The number of anilines is 4. The SMILES string of the molecule is CC(C)C(CO)Nc1nc(N2CCN(c3ccnnc3N(C)C)CC2)nc2c1[S@](=O)CC2. The standard InChI is InChI=1S/C21H32N8O2S/c1-14(2)16(13-30)23-19-18-15(6-12-32(18)31)24-21(25-19)29-10-8-28(9-11-29)17-5-7-22-26-20(17)27(3)4/h5,7,14,16,30H,6,8-13H2,1-4H3,(H,23,24,25)/t16?,32-/m1/s1. The van der Waals surface area contributed by atoms with Crippen LogP contribution in [0.2, 0.25) is 0 Å². The maximum absolute atomic E-state index is 12.6. The first-order valence-electron chi connectivity index (χ1n) is 11.0. The van der Waals surface area contributed by atoms with E-state index in [1.807, 2.05) is 38.9 Å². The third-order valence-electron chi connectivity index (χ3n) is 6.01. The van der Waals surface area contributed by atoms with Gasteiger partial charge in [0.25, 0.3) is 0 Å². The smallest absolute Gasteiger partial charge is 0.227 e. The Morgan fingerprint density at radius 2 is 1.91 bits per heavy atom. The number of fused-ring (bicyclic) bond motifs is 1. The lowest BCUT2D eigenvalue weighted by molar-refractivity contribution is 0.249. The Balaban J connectivity index is 1.55. The van der Waals surface area contributed by atoms with Crippen LogP contribution < -0.4 is 20.0 Å². The van der Waals surface area contributed by atoms with E-state index < -0.39 is 10.8 Å². The van der Waals surface area contributed by atoms with Gasteiger partial charge in [0.1, 0.15) is 10.7 Å². The highest BCUT2D eigenvalue weighted by atomic mass is 32.2. The van der Waals surface area contributed by atoms with Gasteiger partial charge >= 0.3 is 0 Å². The van der Waals surface area contributed by atoms with Crippen molar-refractivity contribution in [1.29, 1.82) is 0 Å². The molecule has 0 aliphatic carbocycles. The summed E-state index contributed by atoms with van der Waals surface area (Å²) in [5.41, 5.74) is 1.92. The van der Waals surface area contributed by atoms with Gasteiger partial charge in [0, 0.05) is 52.4 Å². The van der Waals surface area contributed by atoms with E-state index >= 15 is 0 Å². The fraction of sp³-hybridized carbons (Fsp3) is 0.619. The van der Waals surface area contributed by atoms with Gasteiger partial charge in [0.2, 0.25) is 5.95 Å². The molecule has 2 N–H and O–H groups in total. The van der Waals surface area contributed by atoms with Gasteiger partial charge in [0.05, 0.1) is 41.0 Å². The van der Waals surface area contributed by atoms with Crippen molar-refractivity contribution in [1.82, 2.24) is 20.2 Å². The number of piperazine rings is 1. The van der Waals surface area contributed by atoms with Crippen LogP contribution in [0.3, 0.4) is 0 Å². The van der Waals surface area contributed by atoms with Crippen molar-refractivity contribution in [3.8, 4) is 0 Å². The molecule has 1 fully saturated rings. The summed E-state index contributed by atoms with van der Waals surface area (Å²) >= 11 is 0. The zero-order chi connectivity index (χ0) is 22.8. The number of aliphatic hydroxyl groups is 1. The van der Waals surface area contributed by atoms with E-state index in [0.717, 1.165) is 43.4 Å². The molecule has 2 aromatic rings. The summed E-state index contributed by atoms with van der Waals surface area (Å²) in [6.45, 7) is 7.24. The summed E-state index contributed by atoms with van der Waals surface area (Å²) in [5, 5.41) is 21.4. The Labute approximate surface area is 191 Å². The quantitative estimate of drug-likeness (QED) is 0.614. The monoisotopic (exact) mass is 460 g/mol. The molecule has 0 amide bonds. The van der Waals surface area contributed by atoms with E-state index in [1.165, 1.54) is 0 Å². The molecule has 10 nitrogen and oxygen atoms in total. The Hall–Kier alpha value is -2.53. The molecule has 0 radical (unpaired) electrons. The van der Waals surface area contributed by atoms with Crippen molar-refractivity contribution < 1.29 is 9.32 Å². The normalized spacial score (nSPS) is 19.2. The fourth-order valence-corrected chi connectivity index (χ4v) is 5.37. The van der Waals surface area contributed by atoms with Crippen molar-refractivity contribution in [2.45, 2.75) is 31.2 Å². The third kappa shape index (κ3) is 4.49. The number of hydrogen-bond donors (Lipinski definition) is 2. The summed E-state index contributed by atoms with van der Waals surface area (Å²) in [5.74, 6) is 2.90. The molecule has 2 atom stereocenters. The number of hydrogen-bond acceptors (Lipinski definition) is 10. The Bertz CT molecular complexity index is 978. The first-order chi connectivity index (χ1) is 15.4. The molecule has 2 aliphatic rings. The van der Waals surface area contributed by atoms with Crippen LogP contribution in [0, 0.1) is 5.92 Å². The molecule has 1 unspecified atom stereocenters. The van der Waals surface area contributed by atoms with Gasteiger partial charge in [-0.25, -0.2) is 4.98 Å². The molecule has 0 bridgehead atoms. The maximum Gasteiger partial charge on any atom is 0.227 e. The average molecular weight is 461 g/mol. The number of aryl methyl sites for hydroxylation is 1. The van der Waals surface area contributed by atoms with Gasteiger partial charge in [-0.05, 0) is 12.0 Å². The van der Waals surface area contributed by atoms with Gasteiger partial charge in [-0.15, -0.1) is 5.10 Å². The van der Waals surface area contributed by atoms with Gasteiger partial charge in [-0.3, -0.25) is 4.21 Å². The minimum absolute atomic E-state index is 0.00867. The van der Waals surface area contributed by atoms with Crippen LogP contribution in [0.5, 0.6) is 0 Å². The lowest BCUT2D eigenvalue weighted by Gasteiger charge is -2.37. The van der Waals surface area contributed by atoms with Crippen molar-refractivity contribution in [3.63, 3.8) is 0 Å². The van der Waals surface area contributed by atoms with Gasteiger partial charge in [-0.2, -0.15) is 10.1 Å². The first kappa shape index (κ1) is 22.7. The molecule has 0 spiro atoms. The summed E-state index contributed by atoms with van der Waals surface area (Å²) in [6.07, 6.45) is 2.41. The zero-order valence-corrected chi connectivity index (χ0v) is 20.0. The Morgan fingerprint density at radius 1 is 1.19 bits per heavy atom. The number of aliphatic hydroxyl groups excluding tert-OH is 1. The van der Waals surface area contributed by atoms with Crippen LogP contribution in [0.1, 0.15) is 19.5 Å². The molecular formula is C21H32N8O2S. The fourth-order valence-electron chi connectivity index (χ4n) is 4.05. The number of nitrogens with zero attached hydrogens (tertiary/aromatic N) is 7. The van der Waals surface area contributed by atoms with Crippen LogP contribution >= 0.6 is 0 Å². The second kappa shape index (κ2) is 9.53. The molecule has 32 heavy (non-hydrogen) atoms. The molecule has 2 aliphatic heterocycles. The van der Waals surface area contributed by atoms with Crippen molar-refractivity contribution in [2.75, 3.05) is 72.7 Å². The Morgan fingerprint density at radius 3 is 2.56 bits per heavy atom. The third-order valence-corrected chi connectivity index (χ3v) is 7.47. The van der Waals surface area contributed by atoms with Crippen LogP contribution in [0.4, 0.5) is 23.3 Å². The molecule has 11 heteroatoms. The van der Waals surface area contributed by atoms with E-state index in [4.69, 9.17) is 9.97 Å². The van der Waals surface area contributed by atoms with Crippen LogP contribution in [-0.4, -0.2) is 88.2 Å².